The molecule has 0 radical (unpaired) electrons. The van der Waals surface area contributed by atoms with Gasteiger partial charge in [-0.2, -0.15) is 0 Å². The number of amides is 1. The summed E-state index contributed by atoms with van der Waals surface area (Å²) in [5, 5.41) is 6.11. The largest absolute Gasteiger partial charge is 0.376 e. The molecule has 4 heteroatoms. The third-order valence-corrected chi connectivity index (χ3v) is 2.94. The third-order valence-electron chi connectivity index (χ3n) is 2.94. The first-order valence-electron chi connectivity index (χ1n) is 5.84. The van der Waals surface area contributed by atoms with Crippen molar-refractivity contribution in [2.75, 3.05) is 11.9 Å². The maximum absolute atomic E-state index is 11.6. The van der Waals surface area contributed by atoms with Gasteiger partial charge in [-0.1, -0.05) is 18.2 Å². The monoisotopic (exact) mass is 254 g/mol. The summed E-state index contributed by atoms with van der Waals surface area (Å²) in [6, 6.07) is 10.1. The lowest BCUT2D eigenvalue weighted by Crippen LogP contribution is -2.37. The van der Waals surface area contributed by atoms with E-state index in [2.05, 4.69) is 17.6 Å². The van der Waals surface area contributed by atoms with Crippen LogP contribution in [0.4, 0.5) is 5.69 Å². The van der Waals surface area contributed by atoms with Crippen LogP contribution in [-0.2, 0) is 4.79 Å². The lowest BCUT2D eigenvalue weighted by Gasteiger charge is -2.13. The zero-order valence-corrected chi connectivity index (χ0v) is 10.8. The molecule has 1 fully saturated rings. The highest BCUT2D eigenvalue weighted by molar-refractivity contribution is 5.85. The molecule has 94 valence electrons. The Labute approximate surface area is 108 Å². The van der Waals surface area contributed by atoms with Gasteiger partial charge in [0.05, 0.1) is 6.54 Å². The van der Waals surface area contributed by atoms with E-state index in [1.807, 2.05) is 30.3 Å². The van der Waals surface area contributed by atoms with Gasteiger partial charge in [-0.15, -0.1) is 12.4 Å². The molecule has 2 rings (SSSR count). The van der Waals surface area contributed by atoms with E-state index < -0.39 is 0 Å². The molecule has 0 aliphatic heterocycles. The van der Waals surface area contributed by atoms with Gasteiger partial charge in [-0.25, -0.2) is 0 Å². The minimum Gasteiger partial charge on any atom is -0.376 e. The second-order valence-corrected chi connectivity index (χ2v) is 4.41. The van der Waals surface area contributed by atoms with Crippen LogP contribution in [0.25, 0.3) is 0 Å². The summed E-state index contributed by atoms with van der Waals surface area (Å²) in [6.07, 6.45) is 2.52. The SMILES string of the molecule is CC(NC(=O)CNc1ccccc1)C1CC1.Cl. The molecule has 1 saturated carbocycles. The topological polar surface area (TPSA) is 41.1 Å². The molecular weight excluding hydrogens is 236 g/mol. The summed E-state index contributed by atoms with van der Waals surface area (Å²) in [4.78, 5) is 11.6. The number of nitrogens with one attached hydrogen (secondary N) is 2. The van der Waals surface area contributed by atoms with Gasteiger partial charge < -0.3 is 10.6 Å². The second-order valence-electron chi connectivity index (χ2n) is 4.41. The van der Waals surface area contributed by atoms with E-state index in [4.69, 9.17) is 0 Å². The fourth-order valence-electron chi connectivity index (χ4n) is 1.76. The van der Waals surface area contributed by atoms with Crippen molar-refractivity contribution in [1.82, 2.24) is 5.32 Å². The summed E-state index contributed by atoms with van der Waals surface area (Å²) >= 11 is 0. The number of carbonyl (C=O) groups excluding carboxylic acids is 1. The minimum absolute atomic E-state index is 0. The summed E-state index contributed by atoms with van der Waals surface area (Å²) in [7, 11) is 0. The molecule has 17 heavy (non-hydrogen) atoms. The number of rotatable bonds is 5. The molecular formula is C13H19ClN2O. The molecule has 1 atom stereocenters. The fourth-order valence-corrected chi connectivity index (χ4v) is 1.76. The number of anilines is 1. The van der Waals surface area contributed by atoms with E-state index in [1.54, 1.807) is 0 Å². The number of para-hydroxylation sites is 1. The Morgan fingerprint density at radius 2 is 2.00 bits per heavy atom. The number of hydrogen-bond acceptors (Lipinski definition) is 2. The highest BCUT2D eigenvalue weighted by Crippen LogP contribution is 2.32. The van der Waals surface area contributed by atoms with E-state index in [0.717, 1.165) is 5.69 Å². The molecule has 1 aromatic carbocycles. The first-order chi connectivity index (χ1) is 7.75. The molecule has 1 unspecified atom stereocenters. The fraction of sp³-hybridized carbons (Fsp3) is 0.462. The van der Waals surface area contributed by atoms with Crippen molar-refractivity contribution < 1.29 is 4.79 Å². The molecule has 0 bridgehead atoms. The quantitative estimate of drug-likeness (QED) is 0.848. The van der Waals surface area contributed by atoms with Crippen LogP contribution in [0.2, 0.25) is 0 Å². The summed E-state index contributed by atoms with van der Waals surface area (Å²) < 4.78 is 0. The third kappa shape index (κ3) is 4.65. The predicted octanol–water partition coefficient (Wildman–Crippen LogP) is 2.44. The zero-order chi connectivity index (χ0) is 11.4. The Balaban J connectivity index is 0.00000144. The molecule has 0 heterocycles. The van der Waals surface area contributed by atoms with Crippen LogP contribution < -0.4 is 10.6 Å². The van der Waals surface area contributed by atoms with Crippen LogP contribution in [0.15, 0.2) is 30.3 Å². The molecule has 0 aromatic heterocycles. The van der Waals surface area contributed by atoms with Gasteiger partial charge in [-0.3, -0.25) is 4.79 Å². The maximum Gasteiger partial charge on any atom is 0.239 e. The van der Waals surface area contributed by atoms with Crippen LogP contribution >= 0.6 is 12.4 Å². The summed E-state index contributed by atoms with van der Waals surface area (Å²) in [6.45, 7) is 2.43. The van der Waals surface area contributed by atoms with Crippen molar-refractivity contribution in [2.45, 2.75) is 25.8 Å². The van der Waals surface area contributed by atoms with Gasteiger partial charge in [0.1, 0.15) is 0 Å². The summed E-state index contributed by atoms with van der Waals surface area (Å²) in [5.41, 5.74) is 0.983. The van der Waals surface area contributed by atoms with Crippen molar-refractivity contribution in [1.29, 1.82) is 0 Å². The Morgan fingerprint density at radius 3 is 2.59 bits per heavy atom. The zero-order valence-electron chi connectivity index (χ0n) is 9.98. The Morgan fingerprint density at radius 1 is 1.35 bits per heavy atom. The molecule has 1 aromatic rings. The van der Waals surface area contributed by atoms with Gasteiger partial charge in [0.2, 0.25) is 5.91 Å². The van der Waals surface area contributed by atoms with Crippen molar-refractivity contribution in [2.24, 2.45) is 5.92 Å². The number of benzene rings is 1. The van der Waals surface area contributed by atoms with Gasteiger partial charge >= 0.3 is 0 Å². The first-order valence-corrected chi connectivity index (χ1v) is 5.84. The van der Waals surface area contributed by atoms with E-state index in [1.165, 1.54) is 12.8 Å². The molecule has 2 N–H and O–H groups in total. The van der Waals surface area contributed by atoms with Crippen molar-refractivity contribution in [3.05, 3.63) is 30.3 Å². The van der Waals surface area contributed by atoms with E-state index in [0.29, 0.717) is 18.5 Å². The molecule has 1 amide bonds. The maximum atomic E-state index is 11.6. The van der Waals surface area contributed by atoms with Gasteiger partial charge in [0, 0.05) is 11.7 Å². The van der Waals surface area contributed by atoms with Crippen LogP contribution in [0, 0.1) is 5.92 Å². The van der Waals surface area contributed by atoms with E-state index in [9.17, 15) is 4.79 Å². The Hall–Kier alpha value is -1.22. The molecule has 1 aliphatic carbocycles. The van der Waals surface area contributed by atoms with Crippen molar-refractivity contribution in [3.8, 4) is 0 Å². The summed E-state index contributed by atoms with van der Waals surface area (Å²) in [5.74, 6) is 0.781. The average Bonchev–Trinajstić information content (AvgIpc) is 3.11. The van der Waals surface area contributed by atoms with Crippen LogP contribution in [-0.4, -0.2) is 18.5 Å². The van der Waals surface area contributed by atoms with Gasteiger partial charge in [0.25, 0.3) is 0 Å². The first kappa shape index (κ1) is 13.8. The normalized spacial score (nSPS) is 15.6. The van der Waals surface area contributed by atoms with Crippen LogP contribution in [0.5, 0.6) is 0 Å². The lowest BCUT2D eigenvalue weighted by atomic mass is 10.2. The van der Waals surface area contributed by atoms with Gasteiger partial charge in [-0.05, 0) is 37.8 Å². The Kier molecular flexibility index (Phi) is 5.29. The Bertz CT molecular complexity index is 352. The van der Waals surface area contributed by atoms with Crippen molar-refractivity contribution >= 4 is 24.0 Å². The van der Waals surface area contributed by atoms with E-state index in [-0.39, 0.29) is 18.3 Å². The molecule has 0 saturated heterocycles. The van der Waals surface area contributed by atoms with Gasteiger partial charge in [0.15, 0.2) is 0 Å². The smallest absolute Gasteiger partial charge is 0.239 e. The van der Waals surface area contributed by atoms with Crippen LogP contribution in [0.3, 0.4) is 0 Å². The minimum atomic E-state index is 0. The van der Waals surface area contributed by atoms with Crippen molar-refractivity contribution in [3.63, 3.8) is 0 Å². The average molecular weight is 255 g/mol. The second kappa shape index (κ2) is 6.50. The lowest BCUT2D eigenvalue weighted by molar-refractivity contribution is -0.120. The predicted molar refractivity (Wildman–Crippen MR) is 72.5 cm³/mol. The number of halogens is 1. The van der Waals surface area contributed by atoms with E-state index >= 15 is 0 Å². The molecule has 1 aliphatic rings. The van der Waals surface area contributed by atoms with Crippen LogP contribution in [0.1, 0.15) is 19.8 Å². The standard InChI is InChI=1S/C13H18N2O.ClH/c1-10(11-7-8-11)15-13(16)9-14-12-5-3-2-4-6-12;/h2-6,10-11,14H,7-9H2,1H3,(H,15,16);1H. The highest BCUT2D eigenvalue weighted by atomic mass is 35.5. The molecule has 0 spiro atoms. The highest BCUT2D eigenvalue weighted by Gasteiger charge is 2.28. The molecule has 3 nitrogen and oxygen atoms in total. The number of carbonyl (C=O) groups is 1. The number of hydrogen-bond donors (Lipinski definition) is 2.